The highest BCUT2D eigenvalue weighted by atomic mass is 19.4. The van der Waals surface area contributed by atoms with E-state index in [9.17, 15) is 18.3 Å². The van der Waals surface area contributed by atoms with E-state index >= 15 is 0 Å². The van der Waals surface area contributed by atoms with Crippen LogP contribution in [0.5, 0.6) is 0 Å². The average molecular weight is 669 g/mol. The molecule has 270 valence electrons. The van der Waals surface area contributed by atoms with Crippen LogP contribution in [0.1, 0.15) is 143 Å². The lowest BCUT2D eigenvalue weighted by Gasteiger charge is -2.55. The van der Waals surface area contributed by atoms with Crippen LogP contribution in [0, 0.1) is 64.6 Å². The molecule has 0 saturated heterocycles. The molecule has 0 aromatic rings. The van der Waals surface area contributed by atoms with Gasteiger partial charge in [0.2, 0.25) is 0 Å². The summed E-state index contributed by atoms with van der Waals surface area (Å²) in [6.45, 7) is 18.4. The molecule has 0 bridgehead atoms. The normalized spacial score (nSPS) is 40.8. The molecule has 4 saturated carbocycles. The van der Waals surface area contributed by atoms with Gasteiger partial charge in [-0.05, 0) is 140 Å². The van der Waals surface area contributed by atoms with Gasteiger partial charge in [-0.15, -0.1) is 5.73 Å². The average Bonchev–Trinajstić information content (AvgIpc) is 3.13. The Hall–Kier alpha value is -1.51. The molecule has 5 rings (SSSR count). The van der Waals surface area contributed by atoms with Gasteiger partial charge in [-0.1, -0.05) is 110 Å². The first-order chi connectivity index (χ1) is 22.8. The van der Waals surface area contributed by atoms with E-state index in [2.05, 4.69) is 64.8 Å². The van der Waals surface area contributed by atoms with Gasteiger partial charge in [0, 0.05) is 0 Å². The summed E-state index contributed by atoms with van der Waals surface area (Å²) in [6.07, 6.45) is 19.2. The van der Waals surface area contributed by atoms with Crippen molar-refractivity contribution in [3.05, 3.63) is 53.8 Å². The van der Waals surface area contributed by atoms with Crippen molar-refractivity contribution in [2.45, 2.75) is 156 Å². The molecule has 0 aliphatic heterocycles. The van der Waals surface area contributed by atoms with Crippen molar-refractivity contribution < 1.29 is 18.3 Å². The molecule has 4 heteroatoms. The molecule has 0 aromatic carbocycles. The molecule has 0 amide bonds. The number of halogens is 3. The first-order valence-corrected chi connectivity index (χ1v) is 20.0. The summed E-state index contributed by atoms with van der Waals surface area (Å²) in [5, 5.41) is 11.9. The van der Waals surface area contributed by atoms with Crippen LogP contribution in [-0.4, -0.2) is 17.4 Å². The predicted octanol–water partition coefficient (Wildman–Crippen LogP) is 13.0. The van der Waals surface area contributed by atoms with Gasteiger partial charge in [-0.3, -0.25) is 0 Å². The van der Waals surface area contributed by atoms with Crippen LogP contribution in [0.15, 0.2) is 53.8 Å². The SMILES string of the molecule is C=C1CC2CCC=CC=C=C2C(C2(C)CC(C(O)C(=C)C3CCC(CCC4CCCCC(C)CCC4)C(C(F)(F)F)C3)CCC2C)C1C. The summed E-state index contributed by atoms with van der Waals surface area (Å²) in [5.41, 5.74) is 7.11. The first kappa shape index (κ1) is 37.7. The second kappa shape index (κ2) is 16.2. The Morgan fingerprint density at radius 1 is 0.979 bits per heavy atom. The molecule has 12 atom stereocenters. The number of rotatable bonds is 7. The molecule has 1 N–H and O–H groups in total. The zero-order valence-electron chi connectivity index (χ0n) is 30.8. The lowest BCUT2D eigenvalue weighted by molar-refractivity contribution is -0.201. The summed E-state index contributed by atoms with van der Waals surface area (Å²) in [5.74, 6) is 1.10. The van der Waals surface area contributed by atoms with Crippen LogP contribution in [0.4, 0.5) is 13.2 Å². The molecule has 0 heterocycles. The summed E-state index contributed by atoms with van der Waals surface area (Å²) < 4.78 is 44.0. The Labute approximate surface area is 291 Å². The highest BCUT2D eigenvalue weighted by Gasteiger charge is 2.52. The largest absolute Gasteiger partial charge is 0.392 e. The van der Waals surface area contributed by atoms with E-state index in [4.69, 9.17) is 0 Å². The number of alkyl halides is 3. The fraction of sp³-hybridized carbons (Fsp3) is 0.795. The van der Waals surface area contributed by atoms with Crippen LogP contribution < -0.4 is 0 Å². The summed E-state index contributed by atoms with van der Waals surface area (Å²) >= 11 is 0. The molecular formula is C44H67F3O. The van der Waals surface area contributed by atoms with E-state index in [-0.39, 0.29) is 29.6 Å². The number of allylic oxidation sites excluding steroid dienone is 4. The minimum Gasteiger partial charge on any atom is -0.388 e. The molecule has 1 nitrogen and oxygen atoms in total. The highest BCUT2D eigenvalue weighted by molar-refractivity contribution is 5.29. The minimum atomic E-state index is -4.20. The van der Waals surface area contributed by atoms with Gasteiger partial charge in [0.15, 0.2) is 0 Å². The predicted molar refractivity (Wildman–Crippen MR) is 194 cm³/mol. The number of aliphatic hydroxyl groups excluding tert-OH is 1. The van der Waals surface area contributed by atoms with Gasteiger partial charge in [0.25, 0.3) is 0 Å². The molecule has 12 unspecified atom stereocenters. The molecule has 5 aliphatic rings. The third-order valence-electron chi connectivity index (χ3n) is 14.7. The van der Waals surface area contributed by atoms with Crippen molar-refractivity contribution in [1.82, 2.24) is 0 Å². The second-order valence-corrected chi connectivity index (χ2v) is 17.7. The third-order valence-corrected chi connectivity index (χ3v) is 14.7. The molecule has 0 spiro atoms. The number of hydrogen-bond donors (Lipinski definition) is 1. The minimum absolute atomic E-state index is 0.0192. The van der Waals surface area contributed by atoms with Crippen LogP contribution >= 0.6 is 0 Å². The van der Waals surface area contributed by atoms with Gasteiger partial charge in [0.1, 0.15) is 0 Å². The van der Waals surface area contributed by atoms with Gasteiger partial charge in [0.05, 0.1) is 12.0 Å². The number of aliphatic hydroxyl groups is 1. The van der Waals surface area contributed by atoms with E-state index in [1.54, 1.807) is 0 Å². The fourth-order valence-electron chi connectivity index (χ4n) is 11.3. The van der Waals surface area contributed by atoms with Crippen molar-refractivity contribution in [3.63, 3.8) is 0 Å². The molecular weight excluding hydrogens is 601 g/mol. The Kier molecular flexibility index (Phi) is 12.8. The molecule has 4 fully saturated rings. The quantitative estimate of drug-likeness (QED) is 0.211. The molecule has 0 radical (unpaired) electrons. The van der Waals surface area contributed by atoms with Crippen LogP contribution in [0.25, 0.3) is 0 Å². The summed E-state index contributed by atoms with van der Waals surface area (Å²) in [7, 11) is 0. The maximum Gasteiger partial charge on any atom is 0.392 e. The fourth-order valence-corrected chi connectivity index (χ4v) is 11.3. The zero-order valence-corrected chi connectivity index (χ0v) is 30.8. The first-order valence-electron chi connectivity index (χ1n) is 20.0. The number of fused-ring (bicyclic) bond motifs is 1. The van der Waals surface area contributed by atoms with Gasteiger partial charge < -0.3 is 5.11 Å². The molecule has 0 aromatic heterocycles. The zero-order chi connectivity index (χ0) is 34.6. The van der Waals surface area contributed by atoms with Gasteiger partial charge in [-0.25, -0.2) is 0 Å². The van der Waals surface area contributed by atoms with Gasteiger partial charge >= 0.3 is 6.18 Å². The maximum absolute atomic E-state index is 14.7. The van der Waals surface area contributed by atoms with Crippen molar-refractivity contribution in [3.8, 4) is 0 Å². The topological polar surface area (TPSA) is 20.2 Å². The smallest absolute Gasteiger partial charge is 0.388 e. The Bertz CT molecular complexity index is 1200. The maximum atomic E-state index is 14.7. The Balaban J connectivity index is 1.26. The van der Waals surface area contributed by atoms with Crippen molar-refractivity contribution >= 4 is 0 Å². The van der Waals surface area contributed by atoms with E-state index in [1.165, 1.54) is 56.1 Å². The lowest BCUT2D eigenvalue weighted by atomic mass is 9.50. The van der Waals surface area contributed by atoms with E-state index in [0.717, 1.165) is 57.3 Å². The van der Waals surface area contributed by atoms with E-state index in [0.29, 0.717) is 48.0 Å². The van der Waals surface area contributed by atoms with E-state index in [1.807, 2.05) is 0 Å². The highest BCUT2D eigenvalue weighted by Crippen LogP contribution is 2.59. The third kappa shape index (κ3) is 8.67. The number of hydrogen-bond acceptors (Lipinski definition) is 1. The van der Waals surface area contributed by atoms with E-state index < -0.39 is 18.2 Å². The monoisotopic (exact) mass is 669 g/mol. The van der Waals surface area contributed by atoms with Crippen molar-refractivity contribution in [2.75, 3.05) is 0 Å². The van der Waals surface area contributed by atoms with Crippen LogP contribution in [-0.2, 0) is 0 Å². The summed E-state index contributed by atoms with van der Waals surface area (Å²) in [4.78, 5) is 0. The van der Waals surface area contributed by atoms with Crippen LogP contribution in [0.2, 0.25) is 0 Å². The van der Waals surface area contributed by atoms with Crippen molar-refractivity contribution in [2.24, 2.45) is 64.6 Å². The summed E-state index contributed by atoms with van der Waals surface area (Å²) in [6, 6.07) is 0. The van der Waals surface area contributed by atoms with Crippen LogP contribution in [0.3, 0.4) is 0 Å². The molecule has 5 aliphatic carbocycles. The second-order valence-electron chi connectivity index (χ2n) is 17.7. The Morgan fingerprint density at radius 3 is 2.48 bits per heavy atom. The Morgan fingerprint density at radius 2 is 1.71 bits per heavy atom. The molecule has 48 heavy (non-hydrogen) atoms. The standard InChI is InChI=1S/C44H67F3O/c1-29-14-11-12-16-34(17-13-15-29)21-23-35-24-25-36(27-40(35)44(45,46)47)33(5)42(48)38-22-20-31(3)43(6,28-38)41-32(4)30(2)26-37-18-9-7-8-10-19-39(37)41/h7-8,10,29,31-32,34-38,40-42,48H,2,5,9,11-18,20-28H2,1,3-4,6H3. The van der Waals surface area contributed by atoms with Gasteiger partial charge in [-0.2, -0.15) is 13.2 Å². The van der Waals surface area contributed by atoms with Crippen molar-refractivity contribution in [1.29, 1.82) is 0 Å². The lowest BCUT2D eigenvalue weighted by Crippen LogP contribution is -2.48.